The van der Waals surface area contributed by atoms with Crippen molar-refractivity contribution in [3.05, 3.63) is 36.0 Å². The minimum Gasteiger partial charge on any atom is -0.355 e. The normalized spacial score (nSPS) is 16.1. The molecule has 5 nitrogen and oxygen atoms in total. The number of allylic oxidation sites excluding steroid dienone is 1. The van der Waals surface area contributed by atoms with Crippen molar-refractivity contribution < 1.29 is 4.79 Å². The molecule has 23 heavy (non-hydrogen) atoms. The van der Waals surface area contributed by atoms with Crippen LogP contribution in [0.15, 0.2) is 41.2 Å². The molecule has 2 aromatic rings. The molecule has 0 radical (unpaired) electrons. The van der Waals surface area contributed by atoms with Crippen LogP contribution in [0.3, 0.4) is 0 Å². The van der Waals surface area contributed by atoms with E-state index in [1.54, 1.807) is 0 Å². The first-order chi connectivity index (χ1) is 11.2. The van der Waals surface area contributed by atoms with Crippen LogP contribution in [-0.4, -0.2) is 32.3 Å². The van der Waals surface area contributed by atoms with Gasteiger partial charge in [-0.3, -0.25) is 9.20 Å². The smallest absolute Gasteiger partial charge is 0.233 e. The van der Waals surface area contributed by atoms with Crippen molar-refractivity contribution in [3.8, 4) is 0 Å². The molecule has 122 valence electrons. The van der Waals surface area contributed by atoms with Crippen molar-refractivity contribution in [1.82, 2.24) is 19.9 Å². The lowest BCUT2D eigenvalue weighted by Gasteiger charge is -2.14. The van der Waals surface area contributed by atoms with E-state index in [0.717, 1.165) is 23.8 Å². The number of nitrogens with zero attached hydrogens (tertiary/aromatic N) is 3. The summed E-state index contributed by atoms with van der Waals surface area (Å²) in [6.45, 7) is 2.63. The highest BCUT2D eigenvalue weighted by Gasteiger charge is 2.17. The predicted molar refractivity (Wildman–Crippen MR) is 92.5 cm³/mol. The van der Waals surface area contributed by atoms with E-state index in [1.165, 1.54) is 43.0 Å². The van der Waals surface area contributed by atoms with Gasteiger partial charge < -0.3 is 5.32 Å². The molecule has 1 amide bonds. The van der Waals surface area contributed by atoms with Gasteiger partial charge in [-0.25, -0.2) is 0 Å². The Bertz CT molecular complexity index is 709. The molecule has 1 aliphatic carbocycles. The Labute approximate surface area is 140 Å². The Morgan fingerprint density at radius 3 is 3.13 bits per heavy atom. The maximum atomic E-state index is 12.2. The Morgan fingerprint density at radius 2 is 2.30 bits per heavy atom. The number of pyridine rings is 1. The van der Waals surface area contributed by atoms with Crippen LogP contribution in [0.4, 0.5) is 0 Å². The van der Waals surface area contributed by atoms with Gasteiger partial charge in [-0.2, -0.15) is 0 Å². The van der Waals surface area contributed by atoms with Crippen LogP contribution in [0.25, 0.3) is 5.65 Å². The number of fused-ring (bicyclic) bond motifs is 1. The van der Waals surface area contributed by atoms with Gasteiger partial charge in [-0.05, 0) is 51.2 Å². The highest BCUT2D eigenvalue weighted by Crippen LogP contribution is 2.22. The molecule has 0 fully saturated rings. The SMILES string of the molecule is CC(Sc1nnc2ccccn12)C(=O)NCCC1=CCCCC1. The zero-order chi connectivity index (χ0) is 16.1. The lowest BCUT2D eigenvalue weighted by Crippen LogP contribution is -2.32. The third-order valence-corrected chi connectivity index (χ3v) is 5.12. The molecule has 3 rings (SSSR count). The number of aromatic nitrogens is 3. The molecule has 1 atom stereocenters. The number of hydrogen-bond acceptors (Lipinski definition) is 4. The molecule has 0 aliphatic heterocycles. The van der Waals surface area contributed by atoms with Crippen molar-refractivity contribution in [2.24, 2.45) is 0 Å². The lowest BCUT2D eigenvalue weighted by atomic mass is 9.97. The van der Waals surface area contributed by atoms with Gasteiger partial charge in [0.1, 0.15) is 0 Å². The molecular weight excluding hydrogens is 308 g/mol. The summed E-state index contributed by atoms with van der Waals surface area (Å²) >= 11 is 1.44. The Kier molecular flexibility index (Phi) is 5.33. The second-order valence-corrected chi connectivity index (χ2v) is 7.13. The quantitative estimate of drug-likeness (QED) is 0.652. The highest BCUT2D eigenvalue weighted by atomic mass is 32.2. The zero-order valence-electron chi connectivity index (χ0n) is 13.4. The molecular formula is C17H22N4OS. The third kappa shape index (κ3) is 4.13. The van der Waals surface area contributed by atoms with Crippen LogP contribution >= 0.6 is 11.8 Å². The average Bonchev–Trinajstić information content (AvgIpc) is 2.99. The molecule has 0 spiro atoms. The van der Waals surface area contributed by atoms with Crippen LogP contribution in [0, 0.1) is 0 Å². The number of carbonyl (C=O) groups is 1. The summed E-state index contributed by atoms with van der Waals surface area (Å²) < 4.78 is 1.90. The monoisotopic (exact) mass is 330 g/mol. The summed E-state index contributed by atoms with van der Waals surface area (Å²) in [5, 5.41) is 11.9. The molecule has 1 unspecified atom stereocenters. The summed E-state index contributed by atoms with van der Waals surface area (Å²) in [7, 11) is 0. The predicted octanol–water partition coefficient (Wildman–Crippen LogP) is 3.22. The summed E-state index contributed by atoms with van der Waals surface area (Å²) in [5.74, 6) is 0.0547. The van der Waals surface area contributed by atoms with Gasteiger partial charge in [0.15, 0.2) is 10.8 Å². The van der Waals surface area contributed by atoms with Gasteiger partial charge in [0, 0.05) is 12.7 Å². The van der Waals surface area contributed by atoms with Crippen molar-refractivity contribution in [2.75, 3.05) is 6.54 Å². The Hall–Kier alpha value is -1.82. The fraction of sp³-hybridized carbons (Fsp3) is 0.471. The van der Waals surface area contributed by atoms with E-state index in [1.807, 2.05) is 35.7 Å². The number of amides is 1. The van der Waals surface area contributed by atoms with Gasteiger partial charge in [0.05, 0.1) is 5.25 Å². The number of rotatable bonds is 6. The minimum absolute atomic E-state index is 0.0547. The summed E-state index contributed by atoms with van der Waals surface area (Å²) in [4.78, 5) is 12.2. The van der Waals surface area contributed by atoms with E-state index in [2.05, 4.69) is 21.6 Å². The first kappa shape index (κ1) is 16.1. The summed E-state index contributed by atoms with van der Waals surface area (Å²) in [6.07, 6.45) is 10.2. The van der Waals surface area contributed by atoms with Crippen molar-refractivity contribution in [1.29, 1.82) is 0 Å². The molecule has 2 heterocycles. The second kappa shape index (κ2) is 7.64. The number of carbonyl (C=O) groups excluding carboxylic acids is 1. The van der Waals surface area contributed by atoms with Crippen molar-refractivity contribution in [2.45, 2.75) is 49.4 Å². The van der Waals surface area contributed by atoms with Crippen molar-refractivity contribution in [3.63, 3.8) is 0 Å². The highest BCUT2D eigenvalue weighted by molar-refractivity contribution is 8.00. The maximum absolute atomic E-state index is 12.2. The topological polar surface area (TPSA) is 59.3 Å². The molecule has 1 aliphatic rings. The molecule has 0 saturated heterocycles. The number of hydrogen-bond donors (Lipinski definition) is 1. The van der Waals surface area contributed by atoms with Crippen LogP contribution < -0.4 is 5.32 Å². The zero-order valence-corrected chi connectivity index (χ0v) is 14.2. The van der Waals surface area contributed by atoms with E-state index in [9.17, 15) is 4.79 Å². The third-order valence-electron chi connectivity index (χ3n) is 4.06. The van der Waals surface area contributed by atoms with Gasteiger partial charge in [-0.15, -0.1) is 10.2 Å². The van der Waals surface area contributed by atoms with E-state index >= 15 is 0 Å². The molecule has 0 bridgehead atoms. The van der Waals surface area contributed by atoms with Crippen molar-refractivity contribution >= 4 is 23.3 Å². The fourth-order valence-electron chi connectivity index (χ4n) is 2.73. The molecule has 0 aromatic carbocycles. The van der Waals surface area contributed by atoms with E-state index in [0.29, 0.717) is 0 Å². The fourth-order valence-corrected chi connectivity index (χ4v) is 3.60. The molecule has 2 aromatic heterocycles. The van der Waals surface area contributed by atoms with Gasteiger partial charge >= 0.3 is 0 Å². The number of thioether (sulfide) groups is 1. The van der Waals surface area contributed by atoms with Crippen LogP contribution in [0.1, 0.15) is 39.0 Å². The van der Waals surface area contributed by atoms with Crippen LogP contribution in [0.5, 0.6) is 0 Å². The maximum Gasteiger partial charge on any atom is 0.233 e. The van der Waals surface area contributed by atoms with Gasteiger partial charge in [0.25, 0.3) is 0 Å². The first-order valence-electron chi connectivity index (χ1n) is 8.16. The first-order valence-corrected chi connectivity index (χ1v) is 9.04. The van der Waals surface area contributed by atoms with E-state index < -0.39 is 0 Å². The largest absolute Gasteiger partial charge is 0.355 e. The average molecular weight is 330 g/mol. The second-order valence-electron chi connectivity index (χ2n) is 5.82. The van der Waals surface area contributed by atoms with Gasteiger partial charge in [-0.1, -0.05) is 29.5 Å². The van der Waals surface area contributed by atoms with Crippen LogP contribution in [0.2, 0.25) is 0 Å². The lowest BCUT2D eigenvalue weighted by molar-refractivity contribution is -0.120. The Balaban J connectivity index is 1.50. The van der Waals surface area contributed by atoms with Crippen LogP contribution in [-0.2, 0) is 4.79 Å². The number of nitrogens with one attached hydrogen (secondary N) is 1. The standard InChI is InChI=1S/C17H22N4OS/c1-13(16(22)18-11-10-14-7-3-2-4-8-14)23-17-20-19-15-9-5-6-12-21(15)17/h5-7,9,12-13H,2-4,8,10-11H2,1H3,(H,18,22). The van der Waals surface area contributed by atoms with E-state index in [-0.39, 0.29) is 11.2 Å². The minimum atomic E-state index is -0.192. The molecule has 1 N–H and O–H groups in total. The Morgan fingerprint density at radius 1 is 1.39 bits per heavy atom. The summed E-state index contributed by atoms with van der Waals surface area (Å²) in [5.41, 5.74) is 2.28. The molecule has 6 heteroatoms. The van der Waals surface area contributed by atoms with E-state index in [4.69, 9.17) is 0 Å². The summed E-state index contributed by atoms with van der Waals surface area (Å²) in [6, 6.07) is 5.76. The van der Waals surface area contributed by atoms with Gasteiger partial charge in [0.2, 0.25) is 5.91 Å². The molecule has 0 saturated carbocycles.